The minimum absolute atomic E-state index is 0.0393. The molecule has 2 rings (SSSR count). The van der Waals surface area contributed by atoms with E-state index in [-0.39, 0.29) is 5.91 Å². The second-order valence-electron chi connectivity index (χ2n) is 7.57. The van der Waals surface area contributed by atoms with Crippen molar-refractivity contribution >= 4 is 11.9 Å². The van der Waals surface area contributed by atoms with Gasteiger partial charge in [0, 0.05) is 44.9 Å². The van der Waals surface area contributed by atoms with Gasteiger partial charge in [0.15, 0.2) is 5.96 Å². The topological polar surface area (TPSA) is 69.2 Å². The first kappa shape index (κ1) is 23.2. The van der Waals surface area contributed by atoms with Crippen LogP contribution in [-0.2, 0) is 11.3 Å². The molecule has 0 saturated carbocycles. The standard InChI is InChI=1S/C22H37N5O2/c1-5-23-22(27-13-10-20(11-14-27)29-6-2)25-17-18-8-7-9-19(16-18)21(28)24-12-15-26(3)4/h7-9,16,20H,5-6,10-15,17H2,1-4H3,(H,23,25)(H,24,28). The molecule has 1 fully saturated rings. The number of rotatable bonds is 9. The van der Waals surface area contributed by atoms with Gasteiger partial charge in [-0.3, -0.25) is 4.79 Å². The molecule has 0 unspecified atom stereocenters. The minimum Gasteiger partial charge on any atom is -0.378 e. The lowest BCUT2D eigenvalue weighted by atomic mass is 10.1. The van der Waals surface area contributed by atoms with Gasteiger partial charge in [0.05, 0.1) is 12.6 Å². The molecule has 162 valence electrons. The van der Waals surface area contributed by atoms with E-state index in [1.54, 1.807) is 0 Å². The van der Waals surface area contributed by atoms with Crippen molar-refractivity contribution in [1.29, 1.82) is 0 Å². The number of likely N-dealkylation sites (N-methyl/N-ethyl adjacent to an activating group) is 1. The molecule has 2 N–H and O–H groups in total. The third-order valence-electron chi connectivity index (χ3n) is 4.92. The predicted molar refractivity (Wildman–Crippen MR) is 118 cm³/mol. The molecule has 0 atom stereocenters. The first-order valence-corrected chi connectivity index (χ1v) is 10.7. The number of carbonyl (C=O) groups excluding carboxylic acids is 1. The van der Waals surface area contributed by atoms with Crippen LogP contribution in [0.1, 0.15) is 42.6 Å². The number of guanidine groups is 1. The highest BCUT2D eigenvalue weighted by molar-refractivity contribution is 5.94. The number of benzene rings is 1. The Kier molecular flexibility index (Phi) is 9.94. The van der Waals surface area contributed by atoms with Gasteiger partial charge in [-0.2, -0.15) is 0 Å². The predicted octanol–water partition coefficient (Wildman–Crippen LogP) is 1.94. The number of hydrogen-bond donors (Lipinski definition) is 2. The van der Waals surface area contributed by atoms with Crippen LogP contribution in [0.15, 0.2) is 29.3 Å². The second-order valence-corrected chi connectivity index (χ2v) is 7.57. The van der Waals surface area contributed by atoms with Crippen molar-refractivity contribution < 1.29 is 9.53 Å². The Morgan fingerprint density at radius 2 is 2.00 bits per heavy atom. The molecule has 1 heterocycles. The van der Waals surface area contributed by atoms with E-state index in [0.717, 1.165) is 57.2 Å². The van der Waals surface area contributed by atoms with E-state index in [4.69, 9.17) is 9.73 Å². The van der Waals surface area contributed by atoms with Crippen LogP contribution in [0.25, 0.3) is 0 Å². The van der Waals surface area contributed by atoms with Crippen LogP contribution in [0.4, 0.5) is 0 Å². The van der Waals surface area contributed by atoms with Crippen LogP contribution < -0.4 is 10.6 Å². The van der Waals surface area contributed by atoms with E-state index in [0.29, 0.717) is 24.8 Å². The lowest BCUT2D eigenvalue weighted by Crippen LogP contribution is -2.47. The summed E-state index contributed by atoms with van der Waals surface area (Å²) >= 11 is 0. The maximum Gasteiger partial charge on any atom is 0.251 e. The zero-order chi connectivity index (χ0) is 21.1. The number of hydrogen-bond acceptors (Lipinski definition) is 4. The van der Waals surface area contributed by atoms with Crippen molar-refractivity contribution in [3.8, 4) is 0 Å². The number of ether oxygens (including phenoxy) is 1. The minimum atomic E-state index is -0.0393. The molecule has 1 amide bonds. The number of amides is 1. The highest BCUT2D eigenvalue weighted by atomic mass is 16.5. The fraction of sp³-hybridized carbons (Fsp3) is 0.636. The van der Waals surface area contributed by atoms with E-state index in [1.807, 2.05) is 43.3 Å². The van der Waals surface area contributed by atoms with E-state index >= 15 is 0 Å². The van der Waals surface area contributed by atoms with Gasteiger partial charge in [-0.15, -0.1) is 0 Å². The van der Waals surface area contributed by atoms with Crippen LogP contribution in [0, 0.1) is 0 Å². The van der Waals surface area contributed by atoms with Gasteiger partial charge in [-0.1, -0.05) is 12.1 Å². The molecular weight excluding hydrogens is 366 g/mol. The van der Waals surface area contributed by atoms with Crippen LogP contribution in [-0.4, -0.2) is 81.2 Å². The zero-order valence-corrected chi connectivity index (χ0v) is 18.4. The number of aliphatic imine (C=N–C) groups is 1. The lowest BCUT2D eigenvalue weighted by Gasteiger charge is -2.34. The fourth-order valence-corrected chi connectivity index (χ4v) is 3.37. The summed E-state index contributed by atoms with van der Waals surface area (Å²) in [5, 5.41) is 6.36. The monoisotopic (exact) mass is 403 g/mol. The van der Waals surface area contributed by atoms with Gasteiger partial charge in [-0.05, 0) is 58.5 Å². The summed E-state index contributed by atoms with van der Waals surface area (Å²) in [5.41, 5.74) is 1.71. The molecule has 1 aliphatic heterocycles. The highest BCUT2D eigenvalue weighted by Crippen LogP contribution is 2.14. The zero-order valence-electron chi connectivity index (χ0n) is 18.4. The Morgan fingerprint density at radius 3 is 2.66 bits per heavy atom. The van der Waals surface area contributed by atoms with E-state index in [9.17, 15) is 4.79 Å². The van der Waals surface area contributed by atoms with Crippen molar-refractivity contribution in [3.05, 3.63) is 35.4 Å². The van der Waals surface area contributed by atoms with Crippen LogP contribution in [0.5, 0.6) is 0 Å². The molecule has 7 heteroatoms. The molecule has 0 aliphatic carbocycles. The first-order valence-electron chi connectivity index (χ1n) is 10.7. The third-order valence-corrected chi connectivity index (χ3v) is 4.92. The molecule has 1 aromatic rings. The Hall–Kier alpha value is -2.12. The lowest BCUT2D eigenvalue weighted by molar-refractivity contribution is 0.0263. The summed E-state index contributed by atoms with van der Waals surface area (Å²) in [6.45, 7) is 9.65. The van der Waals surface area contributed by atoms with Gasteiger partial charge in [0.2, 0.25) is 0 Å². The quantitative estimate of drug-likeness (QED) is 0.487. The molecule has 1 aliphatic rings. The number of likely N-dealkylation sites (tertiary alicyclic amines) is 1. The molecule has 7 nitrogen and oxygen atoms in total. The van der Waals surface area contributed by atoms with Crippen molar-refractivity contribution in [2.45, 2.75) is 39.3 Å². The van der Waals surface area contributed by atoms with Crippen LogP contribution in [0.2, 0.25) is 0 Å². The largest absolute Gasteiger partial charge is 0.378 e. The van der Waals surface area contributed by atoms with Crippen molar-refractivity contribution in [1.82, 2.24) is 20.4 Å². The first-order chi connectivity index (χ1) is 14.0. The highest BCUT2D eigenvalue weighted by Gasteiger charge is 2.21. The summed E-state index contributed by atoms with van der Waals surface area (Å²) in [5.74, 6) is 0.894. The third kappa shape index (κ3) is 8.03. The Balaban J connectivity index is 1.96. The molecule has 0 aromatic heterocycles. The summed E-state index contributed by atoms with van der Waals surface area (Å²) < 4.78 is 5.75. The number of nitrogens with one attached hydrogen (secondary N) is 2. The van der Waals surface area contributed by atoms with E-state index < -0.39 is 0 Å². The van der Waals surface area contributed by atoms with E-state index in [2.05, 4.69) is 29.4 Å². The Labute approximate surface area is 175 Å². The molecule has 0 bridgehead atoms. The summed E-state index contributed by atoms with van der Waals surface area (Å²) in [6.07, 6.45) is 2.42. The number of piperidine rings is 1. The van der Waals surface area contributed by atoms with Crippen LogP contribution >= 0.6 is 0 Å². The van der Waals surface area contributed by atoms with Crippen molar-refractivity contribution in [3.63, 3.8) is 0 Å². The number of carbonyl (C=O) groups is 1. The van der Waals surface area contributed by atoms with E-state index in [1.165, 1.54) is 0 Å². The van der Waals surface area contributed by atoms with Crippen molar-refractivity contribution in [2.24, 2.45) is 4.99 Å². The summed E-state index contributed by atoms with van der Waals surface area (Å²) in [7, 11) is 3.98. The smallest absolute Gasteiger partial charge is 0.251 e. The summed E-state index contributed by atoms with van der Waals surface area (Å²) in [6, 6.07) is 7.72. The Bertz CT molecular complexity index is 654. The van der Waals surface area contributed by atoms with Gasteiger partial charge in [0.25, 0.3) is 5.91 Å². The molecule has 29 heavy (non-hydrogen) atoms. The SMILES string of the molecule is CCNC(=NCc1cccc(C(=O)NCCN(C)C)c1)N1CCC(OCC)CC1. The molecule has 0 spiro atoms. The molecule has 1 saturated heterocycles. The average Bonchev–Trinajstić information content (AvgIpc) is 2.72. The van der Waals surface area contributed by atoms with Gasteiger partial charge < -0.3 is 25.2 Å². The van der Waals surface area contributed by atoms with Gasteiger partial charge >= 0.3 is 0 Å². The molecular formula is C22H37N5O2. The summed E-state index contributed by atoms with van der Waals surface area (Å²) in [4.78, 5) is 21.5. The molecule has 1 aromatic carbocycles. The maximum atomic E-state index is 12.4. The number of nitrogens with zero attached hydrogens (tertiary/aromatic N) is 3. The normalized spacial score (nSPS) is 15.6. The van der Waals surface area contributed by atoms with Gasteiger partial charge in [-0.25, -0.2) is 4.99 Å². The Morgan fingerprint density at radius 1 is 1.24 bits per heavy atom. The fourth-order valence-electron chi connectivity index (χ4n) is 3.37. The van der Waals surface area contributed by atoms with Crippen LogP contribution in [0.3, 0.4) is 0 Å². The second kappa shape index (κ2) is 12.4. The van der Waals surface area contributed by atoms with Crippen molar-refractivity contribution in [2.75, 3.05) is 53.4 Å². The van der Waals surface area contributed by atoms with Gasteiger partial charge in [0.1, 0.15) is 0 Å². The maximum absolute atomic E-state index is 12.4. The average molecular weight is 404 g/mol. The molecule has 0 radical (unpaired) electrons.